The van der Waals surface area contributed by atoms with E-state index in [9.17, 15) is 20.1 Å². The minimum atomic E-state index is -1.86. The van der Waals surface area contributed by atoms with Gasteiger partial charge in [-0.05, 0) is 67.4 Å². The summed E-state index contributed by atoms with van der Waals surface area (Å²) in [7, 11) is 0. The van der Waals surface area contributed by atoms with Crippen LogP contribution in [0.25, 0.3) is 0 Å². The van der Waals surface area contributed by atoms with E-state index in [-0.39, 0.29) is 55.2 Å². The molecule has 3 spiro atoms. The predicted octanol–water partition coefficient (Wildman–Crippen LogP) is 4.98. The smallest absolute Gasteiger partial charge is 0.306 e. The summed E-state index contributed by atoms with van der Waals surface area (Å²) in [5.74, 6) is -4.45. The molecule has 0 aromatic rings. The van der Waals surface area contributed by atoms with E-state index < -0.39 is 65.4 Å². The van der Waals surface area contributed by atoms with E-state index in [0.717, 1.165) is 37.8 Å². The van der Waals surface area contributed by atoms with Gasteiger partial charge >= 0.3 is 5.97 Å². The minimum Gasteiger partial charge on any atom is -0.481 e. The Morgan fingerprint density at radius 2 is 1.68 bits per heavy atom. The van der Waals surface area contributed by atoms with Crippen molar-refractivity contribution in [1.82, 2.24) is 5.32 Å². The molecule has 20 unspecified atom stereocenters. The van der Waals surface area contributed by atoms with Crippen LogP contribution in [0.15, 0.2) is 36.5 Å². The molecule has 0 radical (unpaired) electrons. The summed E-state index contributed by atoms with van der Waals surface area (Å²) in [5, 5.41) is 46.9. The molecule has 14 nitrogen and oxygen atoms in total. The van der Waals surface area contributed by atoms with E-state index in [1.165, 1.54) is 6.08 Å². The molecule has 8 saturated heterocycles. The first-order valence-electron chi connectivity index (χ1n) is 22.9. The molecule has 20 atom stereocenters. The number of aliphatic carboxylic acids is 1. The maximum atomic E-state index is 12.2. The molecule has 9 heterocycles. The van der Waals surface area contributed by atoms with Crippen LogP contribution >= 0.6 is 0 Å². The van der Waals surface area contributed by atoms with Crippen molar-refractivity contribution >= 4 is 5.97 Å². The zero-order valence-corrected chi connectivity index (χ0v) is 36.0. The molecule has 0 aliphatic carbocycles. The second-order valence-corrected chi connectivity index (χ2v) is 20.6. The topological polar surface area (TPSA) is 184 Å². The predicted molar refractivity (Wildman–Crippen MR) is 216 cm³/mol. The number of aliphatic hydroxyl groups is 3. The Balaban J connectivity index is 0.831. The Morgan fingerprint density at radius 1 is 0.883 bits per heavy atom. The molecule has 8 fully saturated rings. The van der Waals surface area contributed by atoms with Gasteiger partial charge in [0.2, 0.25) is 0 Å². The van der Waals surface area contributed by atoms with Gasteiger partial charge < -0.3 is 58.3 Å². The second-order valence-electron chi connectivity index (χ2n) is 20.6. The molecule has 14 heteroatoms. The number of piperidine rings is 1. The number of carboxylic acids is 1. The lowest BCUT2D eigenvalue weighted by molar-refractivity contribution is -0.366. The Labute approximate surface area is 354 Å². The summed E-state index contributed by atoms with van der Waals surface area (Å²) in [5.41, 5.74) is 0.375. The average Bonchev–Trinajstić information content (AvgIpc) is 3.87. The van der Waals surface area contributed by atoms with Crippen LogP contribution in [0, 0.1) is 29.6 Å². The summed E-state index contributed by atoms with van der Waals surface area (Å²) < 4.78 is 53.7. The zero-order chi connectivity index (χ0) is 42.4. The molecule has 0 aromatic heterocycles. The molecule has 9 aliphatic heterocycles. The molecule has 0 aromatic carbocycles. The highest BCUT2D eigenvalue weighted by molar-refractivity contribution is 5.67. The van der Waals surface area contributed by atoms with Crippen LogP contribution in [0.5, 0.6) is 0 Å². The van der Waals surface area contributed by atoms with Crippen molar-refractivity contribution in [3.05, 3.63) is 36.5 Å². The molecular weight excluding hydrogens is 775 g/mol. The van der Waals surface area contributed by atoms with Gasteiger partial charge in [-0.25, -0.2) is 0 Å². The Hall–Kier alpha value is -1.79. The van der Waals surface area contributed by atoms with Crippen molar-refractivity contribution in [2.45, 2.75) is 208 Å². The standard InChI is InChI=1S/C46H69NO13/c1-25-17-35-40-37(23-44(58-40)29(5)16-26(2)24-47-44)56-43(21-25,55-35)22-28(4)39-27(3)11-13-45(52,59-39)41(51)36-20-34-33(53-36)18-30(6)46(57-34)15-14-42(60-46)12-7-8-32(54-42)10-9-31(48)19-38(49)50/h7,9-10,12,25-27,29-37,39-41,47-48,51-52H,4,8,11,13-24H2,1-3,5-6H3,(H,49,50). The fraction of sp³-hybridized carbons (Fsp3) is 0.848. The zero-order valence-electron chi connectivity index (χ0n) is 36.0. The van der Waals surface area contributed by atoms with Crippen LogP contribution in [0.2, 0.25) is 0 Å². The van der Waals surface area contributed by atoms with E-state index in [1.54, 1.807) is 6.08 Å². The van der Waals surface area contributed by atoms with Crippen molar-refractivity contribution in [1.29, 1.82) is 0 Å². The molecule has 336 valence electrons. The van der Waals surface area contributed by atoms with E-state index in [2.05, 4.69) is 46.5 Å². The van der Waals surface area contributed by atoms with Crippen molar-refractivity contribution in [3.63, 3.8) is 0 Å². The first kappa shape index (κ1) is 43.5. The number of carbonyl (C=O) groups is 1. The lowest BCUT2D eigenvalue weighted by Gasteiger charge is -2.52. The van der Waals surface area contributed by atoms with E-state index in [0.29, 0.717) is 62.7 Å². The molecule has 5 N–H and O–H groups in total. The molecule has 60 heavy (non-hydrogen) atoms. The largest absolute Gasteiger partial charge is 0.481 e. The van der Waals surface area contributed by atoms with Gasteiger partial charge in [0.1, 0.15) is 17.9 Å². The lowest BCUT2D eigenvalue weighted by atomic mass is 9.79. The third-order valence-corrected chi connectivity index (χ3v) is 15.5. The van der Waals surface area contributed by atoms with Crippen molar-refractivity contribution < 1.29 is 63.1 Å². The van der Waals surface area contributed by atoms with Gasteiger partial charge in [0.05, 0.1) is 55.3 Å². The van der Waals surface area contributed by atoms with Gasteiger partial charge in [-0.15, -0.1) is 0 Å². The van der Waals surface area contributed by atoms with Gasteiger partial charge in [-0.3, -0.25) is 10.1 Å². The fourth-order valence-electron chi connectivity index (χ4n) is 12.4. The van der Waals surface area contributed by atoms with Gasteiger partial charge in [0.25, 0.3) is 0 Å². The molecule has 9 rings (SSSR count). The number of nitrogens with one attached hydrogen (secondary N) is 1. The highest BCUT2D eigenvalue weighted by Crippen LogP contribution is 2.55. The van der Waals surface area contributed by atoms with Crippen LogP contribution in [0.3, 0.4) is 0 Å². The highest BCUT2D eigenvalue weighted by atomic mass is 16.8. The van der Waals surface area contributed by atoms with Crippen LogP contribution in [0.1, 0.15) is 118 Å². The van der Waals surface area contributed by atoms with E-state index in [4.69, 9.17) is 43.0 Å². The number of fused-ring (bicyclic) bond motifs is 5. The van der Waals surface area contributed by atoms with E-state index in [1.807, 2.05) is 12.2 Å². The summed E-state index contributed by atoms with van der Waals surface area (Å²) in [6.07, 6.45) is 9.13. The summed E-state index contributed by atoms with van der Waals surface area (Å²) >= 11 is 0. The maximum absolute atomic E-state index is 12.2. The van der Waals surface area contributed by atoms with Gasteiger partial charge in [0.15, 0.2) is 23.1 Å². The molecule has 2 bridgehead atoms. The SMILES string of the molecule is C=C(CC12CC(C)CC(O1)C1OC3(CC1O2)NCC(C)CC3C)C1OC(O)(C(O)C2CC3OC4(CCC5(C=CCC(C=CC(O)CC(=O)O)O5)O4)C(C)CC3O2)CCC1C. The monoisotopic (exact) mass is 843 g/mol. The number of hydrogen-bond acceptors (Lipinski definition) is 13. The normalized spacial score (nSPS) is 52.2. The quantitative estimate of drug-likeness (QED) is 0.196. The van der Waals surface area contributed by atoms with Crippen LogP contribution in [-0.2, 0) is 42.7 Å². The first-order valence-corrected chi connectivity index (χ1v) is 22.9. The van der Waals surface area contributed by atoms with E-state index >= 15 is 0 Å². The first-order chi connectivity index (χ1) is 28.4. The number of aliphatic hydroxyl groups excluding tert-OH is 2. The number of carboxylic acid groups (broad SMARTS) is 1. The lowest BCUT2D eigenvalue weighted by Crippen LogP contribution is -2.60. The Kier molecular flexibility index (Phi) is 11.6. The van der Waals surface area contributed by atoms with Crippen LogP contribution in [-0.4, -0.2) is 123 Å². The van der Waals surface area contributed by atoms with Crippen molar-refractivity contribution in [2.75, 3.05) is 6.54 Å². The summed E-state index contributed by atoms with van der Waals surface area (Å²) in [6.45, 7) is 16.5. The maximum Gasteiger partial charge on any atom is 0.306 e. The third-order valence-electron chi connectivity index (χ3n) is 15.5. The third kappa shape index (κ3) is 8.01. The number of ether oxygens (including phenoxy) is 8. The average molecular weight is 844 g/mol. The summed E-state index contributed by atoms with van der Waals surface area (Å²) in [4.78, 5) is 11.0. The van der Waals surface area contributed by atoms with Gasteiger partial charge in [-0.1, -0.05) is 59.4 Å². The number of hydrogen-bond donors (Lipinski definition) is 5. The summed E-state index contributed by atoms with van der Waals surface area (Å²) in [6, 6.07) is 0. The Bertz CT molecular complexity index is 1690. The second kappa shape index (κ2) is 16.0. The molecule has 0 amide bonds. The van der Waals surface area contributed by atoms with Crippen molar-refractivity contribution in [3.8, 4) is 0 Å². The molecule has 0 saturated carbocycles. The number of rotatable bonds is 9. The highest BCUT2D eigenvalue weighted by Gasteiger charge is 2.63. The molecular formula is C46H69NO13. The van der Waals surface area contributed by atoms with Gasteiger partial charge in [0, 0.05) is 57.4 Å². The van der Waals surface area contributed by atoms with Gasteiger partial charge in [-0.2, -0.15) is 0 Å². The molecule has 9 aliphatic rings. The van der Waals surface area contributed by atoms with Crippen molar-refractivity contribution in [2.24, 2.45) is 29.6 Å². The fourth-order valence-corrected chi connectivity index (χ4v) is 12.4. The van der Waals surface area contributed by atoms with Crippen LogP contribution in [0.4, 0.5) is 0 Å². The van der Waals surface area contributed by atoms with Crippen LogP contribution < -0.4 is 5.32 Å². The minimum absolute atomic E-state index is 0.0470. The Morgan fingerprint density at radius 3 is 2.47 bits per heavy atom.